The topological polar surface area (TPSA) is 190 Å². The molecule has 0 spiro atoms. The first kappa shape index (κ1) is 66.8. The highest BCUT2D eigenvalue weighted by Crippen LogP contribution is 2.37. The van der Waals surface area contributed by atoms with E-state index in [-0.39, 0.29) is 82.4 Å². The molecule has 0 unspecified atom stereocenters. The summed E-state index contributed by atoms with van der Waals surface area (Å²) < 4.78 is 70.0. The molecule has 0 radical (unpaired) electrons. The summed E-state index contributed by atoms with van der Waals surface area (Å²) in [6.45, 7) is 10.9. The Kier molecular flexibility index (Phi) is 25.9. The van der Waals surface area contributed by atoms with Gasteiger partial charge in [-0.05, 0) is 70.3 Å². The van der Waals surface area contributed by atoms with E-state index in [2.05, 4.69) is 50.1 Å². The number of aromatic nitrogens is 1. The maximum atomic E-state index is 14.0. The highest BCUT2D eigenvalue weighted by Gasteiger charge is 2.44. The van der Waals surface area contributed by atoms with Crippen LogP contribution in [-0.4, -0.2) is 147 Å². The average Bonchev–Trinajstić information content (AvgIpc) is 2.57. The Hall–Kier alpha value is -6.75. The van der Waals surface area contributed by atoms with E-state index < -0.39 is 53.1 Å². The third-order valence-corrected chi connectivity index (χ3v) is 15.8. The lowest BCUT2D eigenvalue weighted by Gasteiger charge is -2.35. The van der Waals surface area contributed by atoms with Crippen LogP contribution in [0.3, 0.4) is 0 Å². The van der Waals surface area contributed by atoms with Crippen LogP contribution < -0.4 is 20.7 Å². The molecule has 0 saturated carbocycles. The fraction of sp³-hybridized carbons (Fsp3) is 0.431. The number of aliphatic hydroxyl groups is 1. The molecular formula is C65H78ClF3N6O10S. The smallest absolute Gasteiger partial charge is 0.417 e. The van der Waals surface area contributed by atoms with Gasteiger partial charge in [-0.1, -0.05) is 142 Å². The van der Waals surface area contributed by atoms with Crippen LogP contribution in [0.5, 0.6) is 5.75 Å². The van der Waals surface area contributed by atoms with Crippen molar-refractivity contribution in [3.8, 4) is 16.2 Å². The van der Waals surface area contributed by atoms with E-state index in [0.29, 0.717) is 63.8 Å². The number of likely N-dealkylation sites (tertiary alicyclic amines) is 1. The van der Waals surface area contributed by atoms with Crippen LogP contribution in [0, 0.1) is 12.3 Å². The zero-order chi connectivity index (χ0) is 61.5. The Balaban J connectivity index is 0.731. The molecule has 462 valence electrons. The summed E-state index contributed by atoms with van der Waals surface area (Å²) in [6, 6.07) is 37.3. The van der Waals surface area contributed by atoms with E-state index in [9.17, 15) is 37.5 Å². The predicted molar refractivity (Wildman–Crippen MR) is 325 cm³/mol. The van der Waals surface area contributed by atoms with Gasteiger partial charge >= 0.3 is 6.18 Å². The first-order chi connectivity index (χ1) is 41.3. The van der Waals surface area contributed by atoms with E-state index in [1.807, 2.05) is 113 Å². The van der Waals surface area contributed by atoms with Crippen LogP contribution in [0.2, 0.25) is 5.02 Å². The summed E-state index contributed by atoms with van der Waals surface area (Å²) in [6.07, 6.45) is -4.70. The van der Waals surface area contributed by atoms with Crippen LogP contribution in [0.4, 0.5) is 13.2 Å². The summed E-state index contributed by atoms with van der Waals surface area (Å²) in [5.74, 6) is -1.02. The fourth-order valence-electron chi connectivity index (χ4n) is 9.97. The number of hydrogen-bond donors (Lipinski definition) is 4. The number of thiazole rings is 1. The second-order valence-corrected chi connectivity index (χ2v) is 23.3. The Morgan fingerprint density at radius 1 is 0.767 bits per heavy atom. The fourth-order valence-corrected chi connectivity index (χ4v) is 11.1. The number of hydrogen-bond acceptors (Lipinski definition) is 13. The minimum absolute atomic E-state index is 0.0380. The molecule has 4 amide bonds. The number of ether oxygens (including phenoxy) is 5. The number of nitrogens with zero attached hydrogens (tertiary/aromatic N) is 3. The van der Waals surface area contributed by atoms with E-state index >= 15 is 0 Å². The van der Waals surface area contributed by atoms with Crippen LogP contribution >= 0.6 is 22.9 Å². The van der Waals surface area contributed by atoms with E-state index in [4.69, 9.17) is 35.3 Å². The number of aryl methyl sites for hydroxylation is 1. The van der Waals surface area contributed by atoms with Crippen LogP contribution in [-0.2, 0) is 63.8 Å². The molecule has 16 nitrogen and oxygen atoms in total. The minimum Gasteiger partial charge on any atom is -0.494 e. The van der Waals surface area contributed by atoms with Crippen molar-refractivity contribution in [3.63, 3.8) is 0 Å². The third-order valence-electron chi connectivity index (χ3n) is 14.4. The molecule has 0 aliphatic carbocycles. The standard InChI is InChI=1S/C65H78ClF3N6O10S/c1-45-60(86-44-72-45)50-24-22-46(23-25-50)39-71-62(79)56-38-52(76)41-75(56)63(80)61(64(2,3)4)73-58(78)43-84-35-34-83-33-32-82-31-30-81-29-26-70-57(77)37-47-14-11-20-53(36-47)85-28-13-27-74(40-51-19-12-21-55(59(51)66)65(67,68)69)42-54(48-15-7-5-8-16-48)49-17-9-6-10-18-49/h5-12,14-25,36,44,52,54,56,61,76H,13,26-35,37-43H2,1-4H3,(H,70,77)(H,71,79)(H,73,78)/t52-,56+,61-/m1/s1. The zero-order valence-corrected chi connectivity index (χ0v) is 50.7. The van der Waals surface area contributed by atoms with E-state index in [1.54, 1.807) is 22.9 Å². The molecule has 7 rings (SSSR count). The number of amides is 4. The van der Waals surface area contributed by atoms with E-state index in [1.165, 1.54) is 11.0 Å². The largest absolute Gasteiger partial charge is 0.494 e. The molecule has 1 aliphatic rings. The van der Waals surface area contributed by atoms with Crippen molar-refractivity contribution >= 4 is 46.6 Å². The second-order valence-electron chi connectivity index (χ2n) is 22.1. The molecule has 4 N–H and O–H groups in total. The van der Waals surface area contributed by atoms with Gasteiger partial charge in [-0.3, -0.25) is 24.1 Å². The van der Waals surface area contributed by atoms with Crippen molar-refractivity contribution in [2.24, 2.45) is 5.41 Å². The van der Waals surface area contributed by atoms with Gasteiger partial charge in [0.1, 0.15) is 24.4 Å². The molecule has 1 saturated heterocycles. The molecule has 1 aromatic heterocycles. The van der Waals surface area contributed by atoms with Crippen molar-refractivity contribution in [3.05, 3.63) is 177 Å². The first-order valence-electron chi connectivity index (χ1n) is 28.8. The Bertz CT molecular complexity index is 3040. The van der Waals surface area contributed by atoms with Crippen LogP contribution in [0.25, 0.3) is 10.4 Å². The molecular weight excluding hydrogens is 1150 g/mol. The van der Waals surface area contributed by atoms with Gasteiger partial charge in [0, 0.05) is 51.6 Å². The van der Waals surface area contributed by atoms with Crippen molar-refractivity contribution in [2.75, 3.05) is 85.6 Å². The molecule has 21 heteroatoms. The van der Waals surface area contributed by atoms with Crippen LogP contribution in [0.1, 0.15) is 78.6 Å². The third kappa shape index (κ3) is 21.0. The Morgan fingerprint density at radius 2 is 1.41 bits per heavy atom. The minimum atomic E-state index is -4.58. The van der Waals surface area contributed by atoms with Crippen molar-refractivity contribution in [1.82, 2.24) is 30.7 Å². The molecule has 3 atom stereocenters. The number of alkyl halides is 3. The quantitative estimate of drug-likeness (QED) is 0.0286. The summed E-state index contributed by atoms with van der Waals surface area (Å²) in [5, 5.41) is 18.8. The van der Waals surface area contributed by atoms with Gasteiger partial charge in [-0.25, -0.2) is 4.98 Å². The number of benzene rings is 5. The number of carbonyl (C=O) groups is 4. The number of nitrogens with one attached hydrogen (secondary N) is 3. The molecule has 5 aromatic carbocycles. The van der Waals surface area contributed by atoms with Gasteiger partial charge in [0.25, 0.3) is 0 Å². The molecule has 1 aliphatic heterocycles. The second kappa shape index (κ2) is 33.4. The van der Waals surface area contributed by atoms with Crippen LogP contribution in [0.15, 0.2) is 133 Å². The lowest BCUT2D eigenvalue weighted by molar-refractivity contribution is -0.144. The average molecular weight is 1230 g/mol. The molecule has 86 heavy (non-hydrogen) atoms. The highest BCUT2D eigenvalue weighted by molar-refractivity contribution is 7.13. The summed E-state index contributed by atoms with van der Waals surface area (Å²) in [5.41, 5.74) is 6.40. The summed E-state index contributed by atoms with van der Waals surface area (Å²) in [4.78, 5) is 62.1. The lowest BCUT2D eigenvalue weighted by atomic mass is 9.85. The maximum Gasteiger partial charge on any atom is 0.417 e. The summed E-state index contributed by atoms with van der Waals surface area (Å²) in [7, 11) is 0. The zero-order valence-electron chi connectivity index (χ0n) is 49.1. The van der Waals surface area contributed by atoms with Gasteiger partial charge in [-0.2, -0.15) is 13.2 Å². The van der Waals surface area contributed by atoms with Crippen molar-refractivity contribution in [1.29, 1.82) is 0 Å². The maximum absolute atomic E-state index is 14.0. The SMILES string of the molecule is Cc1ncsc1-c1ccc(CNC(=O)[C@@H]2C[C@@H](O)CN2C(=O)[C@@H](NC(=O)COCCOCCOCCOCCNC(=O)Cc2cccc(OCCCN(Cc3cccc(C(F)(F)F)c3Cl)CC(c3ccccc3)c3ccccc3)c2)C(C)(C)C)cc1. The van der Waals surface area contributed by atoms with Gasteiger partial charge in [-0.15, -0.1) is 11.3 Å². The molecule has 0 bridgehead atoms. The molecule has 2 heterocycles. The Labute approximate surface area is 510 Å². The van der Waals surface area contributed by atoms with Gasteiger partial charge < -0.3 is 49.6 Å². The highest BCUT2D eigenvalue weighted by atomic mass is 35.5. The number of β-amino-alcohol motifs (C(OH)–C–C–N with tert-alkyl or cyclic N) is 1. The Morgan fingerprint density at radius 3 is 2.03 bits per heavy atom. The predicted octanol–water partition coefficient (Wildman–Crippen LogP) is 9.43. The molecule has 1 fully saturated rings. The normalized spacial score (nSPS) is 14.8. The first-order valence-corrected chi connectivity index (χ1v) is 30.1. The van der Waals surface area contributed by atoms with Gasteiger partial charge in [0.15, 0.2) is 0 Å². The lowest BCUT2D eigenvalue weighted by Crippen LogP contribution is -2.58. The number of halogens is 4. The van der Waals surface area contributed by atoms with Gasteiger partial charge in [0.2, 0.25) is 23.6 Å². The van der Waals surface area contributed by atoms with Crippen molar-refractivity contribution in [2.45, 2.75) is 90.3 Å². The number of carbonyl (C=O) groups excluding carboxylic acids is 4. The summed E-state index contributed by atoms with van der Waals surface area (Å²) >= 11 is 7.96. The number of aliphatic hydroxyl groups excluding tert-OH is 1. The van der Waals surface area contributed by atoms with Crippen molar-refractivity contribution < 1.29 is 61.1 Å². The van der Waals surface area contributed by atoms with Gasteiger partial charge in [0.05, 0.1) is 92.0 Å². The molecule has 6 aromatic rings. The monoisotopic (exact) mass is 1230 g/mol. The number of rotatable bonds is 33. The van der Waals surface area contributed by atoms with E-state index in [0.717, 1.165) is 44.5 Å².